The van der Waals surface area contributed by atoms with Gasteiger partial charge in [0.05, 0.1) is 86.1 Å². The number of sulfonamides is 2. The van der Waals surface area contributed by atoms with Crippen LogP contribution in [-0.4, -0.2) is 197 Å². The molecule has 0 bridgehead atoms. The van der Waals surface area contributed by atoms with Crippen molar-refractivity contribution in [2.45, 2.75) is 117 Å². The summed E-state index contributed by atoms with van der Waals surface area (Å²) in [7, 11) is -12.5. The van der Waals surface area contributed by atoms with Crippen molar-refractivity contribution in [2.24, 2.45) is 0 Å². The number of hydrogen-bond donors (Lipinski definition) is 4. The van der Waals surface area contributed by atoms with Gasteiger partial charge in [-0.2, -0.15) is 0 Å². The van der Waals surface area contributed by atoms with Crippen molar-refractivity contribution in [3.8, 4) is 34.0 Å². The Morgan fingerprint density at radius 2 is 0.908 bits per heavy atom. The molecular formula is C54H76CaF2N6O20P2S2. The molecule has 2 aromatic carbocycles. The maximum atomic E-state index is 14.5. The van der Waals surface area contributed by atoms with Crippen LogP contribution in [0, 0.1) is 11.6 Å². The normalized spacial score (nSPS) is 13.7. The third-order valence-electron chi connectivity index (χ3n) is 11.8. The first kappa shape index (κ1) is 78.5. The maximum Gasteiger partial charge on any atom is 2.00 e. The van der Waals surface area contributed by atoms with Crippen LogP contribution in [0.5, 0.6) is 11.5 Å². The number of rotatable bonds is 34. The summed E-state index contributed by atoms with van der Waals surface area (Å²) >= 11 is 0. The number of aromatic nitrogens is 4. The molecule has 4 atom stereocenters. The number of carboxylic acids is 2. The summed E-state index contributed by atoms with van der Waals surface area (Å²) in [5, 5.41) is 62.3. The van der Waals surface area contributed by atoms with Crippen molar-refractivity contribution in [3.05, 3.63) is 82.7 Å². The molecule has 4 rings (SSSR count). The molecule has 33 heteroatoms. The van der Waals surface area contributed by atoms with Crippen molar-refractivity contribution in [3.63, 3.8) is 0 Å². The summed E-state index contributed by atoms with van der Waals surface area (Å²) in [6.45, 7) is 13.9. The Labute approximate surface area is 536 Å². The zero-order chi connectivity index (χ0) is 65.1. The van der Waals surface area contributed by atoms with Crippen LogP contribution in [0.25, 0.3) is 34.7 Å². The minimum absolute atomic E-state index is 0. The Bertz CT molecular complexity index is 3110. The molecule has 0 unspecified atom stereocenters. The van der Waals surface area contributed by atoms with Crippen molar-refractivity contribution >= 4 is 109 Å². The number of anilines is 2. The number of carbonyl (C=O) groups excluding carboxylic acids is 2. The summed E-state index contributed by atoms with van der Waals surface area (Å²) in [6, 6.07) is 7.00. The number of carbonyl (C=O) groups is 2. The van der Waals surface area contributed by atoms with E-state index in [-0.39, 0.29) is 135 Å². The van der Waals surface area contributed by atoms with E-state index in [1.54, 1.807) is 55.4 Å². The summed E-state index contributed by atoms with van der Waals surface area (Å²) in [5.41, 5.74) is 1.78. The number of aliphatic hydroxyl groups excluding tert-OH is 4. The van der Waals surface area contributed by atoms with Crippen molar-refractivity contribution < 1.29 is 103 Å². The SMILES string of the molecule is CCOP(=O)(COc1cc(F)ccc1-c1nc(N(C)S(C)(=O)=O)nc(C(C)C)c1/C=C/[C@@H](O)C[C@@H](O)CC(=O)[O-])OCC.CCOP(=O)(COc1cc(F)ccc1-c1nc(N(C)S(C)(=O)=O)nc(C(C)C)c1/C=C/[C@@H](O)C[C@@H](O)CC(=O)[O-])OCC.[Ca+2]. The molecule has 0 aliphatic carbocycles. The quantitative estimate of drug-likeness (QED) is 0.0355. The maximum absolute atomic E-state index is 14.5. The summed E-state index contributed by atoms with van der Waals surface area (Å²) < 4.78 is 139. The van der Waals surface area contributed by atoms with Crippen LogP contribution in [-0.2, 0) is 56.9 Å². The predicted octanol–water partition coefficient (Wildman–Crippen LogP) is 4.96. The van der Waals surface area contributed by atoms with Gasteiger partial charge in [-0.15, -0.1) is 0 Å². The Morgan fingerprint density at radius 1 is 0.598 bits per heavy atom. The van der Waals surface area contributed by atoms with E-state index in [0.717, 1.165) is 45.4 Å². The number of benzene rings is 2. The second-order valence-electron chi connectivity index (χ2n) is 19.6. The van der Waals surface area contributed by atoms with Crippen LogP contribution in [0.15, 0.2) is 48.6 Å². The van der Waals surface area contributed by atoms with Gasteiger partial charge in [0, 0.05) is 86.1 Å². The van der Waals surface area contributed by atoms with Gasteiger partial charge in [0.2, 0.25) is 31.9 Å². The van der Waals surface area contributed by atoms with E-state index < -0.39 is 109 Å². The van der Waals surface area contributed by atoms with Crippen LogP contribution in [0.1, 0.15) is 115 Å². The van der Waals surface area contributed by atoms with Crippen molar-refractivity contribution in [2.75, 3.05) is 74.3 Å². The van der Waals surface area contributed by atoms with Gasteiger partial charge < -0.3 is 67.8 Å². The minimum Gasteiger partial charge on any atom is -0.550 e. The molecule has 0 fully saturated rings. The number of carboxylic acid groups (broad SMARTS) is 2. The van der Waals surface area contributed by atoms with E-state index in [9.17, 15) is 75.0 Å². The topological polar surface area (TPSA) is 377 Å². The molecule has 0 amide bonds. The first-order valence-electron chi connectivity index (χ1n) is 26.8. The molecule has 2 aromatic heterocycles. The van der Waals surface area contributed by atoms with Gasteiger partial charge in [0.1, 0.15) is 23.1 Å². The number of hydrogen-bond acceptors (Lipinski definition) is 24. The zero-order valence-electron chi connectivity index (χ0n) is 50.5. The molecule has 0 spiro atoms. The Balaban J connectivity index is 0.000000587. The van der Waals surface area contributed by atoms with E-state index >= 15 is 0 Å². The average Bonchev–Trinajstić information content (AvgIpc) is 0.911. The van der Waals surface area contributed by atoms with Gasteiger partial charge in [0.25, 0.3) is 0 Å². The summed E-state index contributed by atoms with van der Waals surface area (Å²) in [4.78, 5) is 39.4. The Morgan fingerprint density at radius 3 is 1.17 bits per heavy atom. The van der Waals surface area contributed by atoms with Gasteiger partial charge in [0.15, 0.2) is 12.7 Å². The minimum atomic E-state index is -3.81. The van der Waals surface area contributed by atoms with Gasteiger partial charge in [-0.25, -0.2) is 54.2 Å². The third kappa shape index (κ3) is 24.9. The van der Waals surface area contributed by atoms with Gasteiger partial charge in [-0.05, 0) is 63.8 Å². The van der Waals surface area contributed by atoms with Crippen LogP contribution < -0.4 is 28.3 Å². The second-order valence-corrected chi connectivity index (χ2v) is 27.6. The van der Waals surface area contributed by atoms with E-state index in [1.165, 1.54) is 50.5 Å². The fourth-order valence-corrected chi connectivity index (χ4v) is 11.1. The molecule has 0 aliphatic rings. The fraction of sp³-hybridized carbons (Fsp3) is 0.519. The van der Waals surface area contributed by atoms with Gasteiger partial charge >= 0.3 is 52.9 Å². The molecule has 26 nitrogen and oxygen atoms in total. The van der Waals surface area contributed by atoms with Crippen LogP contribution in [0.4, 0.5) is 20.7 Å². The molecular weight excluding hydrogens is 1260 g/mol. The zero-order valence-corrected chi connectivity index (χ0v) is 56.1. The summed E-state index contributed by atoms with van der Waals surface area (Å²) in [5.74, 6) is -5.61. The van der Waals surface area contributed by atoms with Crippen molar-refractivity contribution in [1.82, 2.24) is 19.9 Å². The van der Waals surface area contributed by atoms with Crippen LogP contribution in [0.2, 0.25) is 0 Å². The number of nitrogens with zero attached hydrogens (tertiary/aromatic N) is 6. The molecule has 0 saturated heterocycles. The number of aliphatic hydroxyl groups is 4. The van der Waals surface area contributed by atoms with Gasteiger partial charge in [-0.1, -0.05) is 52.0 Å². The molecule has 4 N–H and O–H groups in total. The number of halogens is 2. The molecule has 2 heterocycles. The van der Waals surface area contributed by atoms with Crippen LogP contribution in [0.3, 0.4) is 0 Å². The molecule has 0 radical (unpaired) electrons. The molecule has 4 aromatic rings. The first-order valence-corrected chi connectivity index (χ1v) is 34.0. The fourth-order valence-electron chi connectivity index (χ4n) is 7.76. The standard InChI is InChI=1S/2C27H39FN3O10PS.Ca/c2*1-7-40-42(36,41-8-2)16-39-23-13-18(28)9-11-21(23)26-22(12-10-19(32)14-20(33)15-24(34)35)25(17(3)4)29-27(30-26)31(5)43(6,37)38;/h2*9-13,17,19-20,32-33H,7-8,14-16H2,1-6H3,(H,34,35);/q;;+2/p-2/b2*12-10+;/t2*19-,20-;/m11./s1. The number of aliphatic carboxylic acids is 2. The second kappa shape index (κ2) is 35.7. The van der Waals surface area contributed by atoms with Gasteiger partial charge in [-0.3, -0.25) is 9.13 Å². The van der Waals surface area contributed by atoms with E-state index in [4.69, 9.17) is 27.6 Å². The smallest absolute Gasteiger partial charge is 0.550 e. The Hall–Kier alpha value is -4.62. The van der Waals surface area contributed by atoms with E-state index in [2.05, 4.69) is 19.9 Å². The van der Waals surface area contributed by atoms with Crippen LogP contribution >= 0.6 is 15.2 Å². The summed E-state index contributed by atoms with van der Waals surface area (Å²) in [6.07, 6.45) is -1.08. The van der Waals surface area contributed by atoms with E-state index in [0.29, 0.717) is 22.5 Å². The van der Waals surface area contributed by atoms with E-state index in [1.807, 2.05) is 0 Å². The first-order chi connectivity index (χ1) is 40.0. The third-order valence-corrected chi connectivity index (χ3v) is 17.7. The monoisotopic (exact) mass is 1330 g/mol. The molecule has 87 heavy (non-hydrogen) atoms. The predicted molar refractivity (Wildman–Crippen MR) is 319 cm³/mol. The molecule has 480 valence electrons. The Kier molecular flexibility index (Phi) is 32.2. The largest absolute Gasteiger partial charge is 2.00 e. The average molecular weight is 1330 g/mol. The number of ether oxygens (including phenoxy) is 2. The van der Waals surface area contributed by atoms with Crippen molar-refractivity contribution in [1.29, 1.82) is 0 Å². The molecule has 0 saturated carbocycles. The molecule has 0 aliphatic heterocycles.